The van der Waals surface area contributed by atoms with Gasteiger partial charge >= 0.3 is 6.30 Å². The van der Waals surface area contributed by atoms with Gasteiger partial charge in [0.1, 0.15) is 23.5 Å². The fraction of sp³-hybridized carbons (Fsp3) is 0.208. The fourth-order valence-corrected chi connectivity index (χ4v) is 3.88. The van der Waals surface area contributed by atoms with Gasteiger partial charge in [0, 0.05) is 12.6 Å². The maximum Gasteiger partial charge on any atom is 0.482 e. The highest BCUT2D eigenvalue weighted by atomic mass is 19.4. The maximum absolute atomic E-state index is 13.6. The molecule has 184 valence electrons. The van der Waals surface area contributed by atoms with Crippen LogP contribution in [0, 0.1) is 17.1 Å². The molecule has 12 heteroatoms. The highest BCUT2D eigenvalue weighted by Gasteiger charge is 2.28. The van der Waals surface area contributed by atoms with Crippen molar-refractivity contribution in [1.82, 2.24) is 20.6 Å². The topological polar surface area (TPSA) is 120 Å². The molecule has 0 spiro atoms. The average Bonchev–Trinajstić information content (AvgIpc) is 3.25. The Kier molecular flexibility index (Phi) is 6.82. The van der Waals surface area contributed by atoms with Crippen molar-refractivity contribution in [3.8, 4) is 6.07 Å². The number of aryl methyl sites for hydroxylation is 1. The second-order valence-corrected chi connectivity index (χ2v) is 8.00. The zero-order chi connectivity index (χ0) is 25.9. The van der Waals surface area contributed by atoms with Crippen molar-refractivity contribution >= 4 is 17.5 Å². The average molecular weight is 498 g/mol. The summed E-state index contributed by atoms with van der Waals surface area (Å²) < 4.78 is 51.2. The summed E-state index contributed by atoms with van der Waals surface area (Å²) in [6.07, 6.45) is -2.41. The van der Waals surface area contributed by atoms with Crippen LogP contribution in [0.3, 0.4) is 0 Å². The second-order valence-electron chi connectivity index (χ2n) is 8.00. The molecule has 1 aliphatic carbocycles. The lowest BCUT2D eigenvalue weighted by atomic mass is 10.1. The number of anilines is 1. The summed E-state index contributed by atoms with van der Waals surface area (Å²) in [5, 5.41) is 15.5. The smallest absolute Gasteiger partial charge is 0.347 e. The lowest BCUT2D eigenvalue weighted by Crippen LogP contribution is -2.29. The number of nitriles is 1. The number of carbonyl (C=O) groups is 2. The molecule has 8 nitrogen and oxygen atoms in total. The molecule has 0 saturated carbocycles. The minimum Gasteiger partial charge on any atom is -0.347 e. The molecule has 2 amide bonds. The first-order valence-electron chi connectivity index (χ1n) is 10.7. The Bertz CT molecular complexity index is 1370. The number of fused-ring (bicyclic) bond motifs is 1. The SMILES string of the molecule is N#Cc1ccc2c(c1)CC[C@@H]2NC(=O)c1cc(C(=O)NCc2ccc(F)c(NC(F)(F)F)c2)ncn1. The Morgan fingerprint density at radius 1 is 1.06 bits per heavy atom. The Hall–Kier alpha value is -4.53. The molecule has 0 fully saturated rings. The van der Waals surface area contributed by atoms with Crippen molar-refractivity contribution in [2.24, 2.45) is 0 Å². The number of rotatable bonds is 6. The number of hydrogen-bond acceptors (Lipinski definition) is 6. The quantitative estimate of drug-likeness (QED) is 0.352. The van der Waals surface area contributed by atoms with Crippen LogP contribution in [0.2, 0.25) is 0 Å². The molecule has 2 aromatic carbocycles. The number of halogens is 4. The third-order valence-corrected chi connectivity index (χ3v) is 5.55. The van der Waals surface area contributed by atoms with Gasteiger partial charge in [-0.3, -0.25) is 14.9 Å². The molecule has 3 N–H and O–H groups in total. The van der Waals surface area contributed by atoms with Crippen LogP contribution in [-0.4, -0.2) is 28.1 Å². The molecule has 1 heterocycles. The number of aromatic nitrogens is 2. The first-order chi connectivity index (χ1) is 17.1. The lowest BCUT2D eigenvalue weighted by Gasteiger charge is -2.14. The van der Waals surface area contributed by atoms with Crippen LogP contribution in [-0.2, 0) is 13.0 Å². The van der Waals surface area contributed by atoms with E-state index in [1.807, 2.05) is 0 Å². The van der Waals surface area contributed by atoms with E-state index in [1.54, 1.807) is 18.2 Å². The minimum absolute atomic E-state index is 0.0457. The highest BCUT2D eigenvalue weighted by Crippen LogP contribution is 2.32. The molecular formula is C24H18F4N6O2. The van der Waals surface area contributed by atoms with Crippen molar-refractivity contribution in [3.05, 3.63) is 88.3 Å². The van der Waals surface area contributed by atoms with E-state index in [2.05, 4.69) is 26.7 Å². The third-order valence-electron chi connectivity index (χ3n) is 5.55. The van der Waals surface area contributed by atoms with E-state index >= 15 is 0 Å². The van der Waals surface area contributed by atoms with E-state index in [0.29, 0.717) is 18.4 Å². The van der Waals surface area contributed by atoms with Crippen LogP contribution >= 0.6 is 0 Å². The van der Waals surface area contributed by atoms with Crippen LogP contribution in [0.5, 0.6) is 0 Å². The Morgan fingerprint density at radius 3 is 2.53 bits per heavy atom. The minimum atomic E-state index is -4.82. The van der Waals surface area contributed by atoms with Crippen molar-refractivity contribution in [3.63, 3.8) is 0 Å². The van der Waals surface area contributed by atoms with Gasteiger partial charge in [0.2, 0.25) is 0 Å². The Morgan fingerprint density at radius 2 is 1.81 bits per heavy atom. The van der Waals surface area contributed by atoms with Gasteiger partial charge in [-0.1, -0.05) is 12.1 Å². The van der Waals surface area contributed by atoms with Gasteiger partial charge in [0.05, 0.1) is 23.4 Å². The summed E-state index contributed by atoms with van der Waals surface area (Å²) in [4.78, 5) is 33.0. The number of alkyl halides is 3. The van der Waals surface area contributed by atoms with Gasteiger partial charge in [0.25, 0.3) is 11.8 Å². The van der Waals surface area contributed by atoms with Crippen molar-refractivity contribution in [2.45, 2.75) is 31.7 Å². The van der Waals surface area contributed by atoms with Gasteiger partial charge in [-0.2, -0.15) is 18.4 Å². The molecule has 0 radical (unpaired) electrons. The first-order valence-corrected chi connectivity index (χ1v) is 10.7. The maximum atomic E-state index is 13.6. The predicted octanol–water partition coefficient (Wildman–Crippen LogP) is 3.77. The summed E-state index contributed by atoms with van der Waals surface area (Å²) in [7, 11) is 0. The largest absolute Gasteiger partial charge is 0.482 e. The van der Waals surface area contributed by atoms with E-state index in [1.165, 1.54) is 12.1 Å². The van der Waals surface area contributed by atoms with Gasteiger partial charge in [-0.15, -0.1) is 0 Å². The molecule has 1 aliphatic rings. The van der Waals surface area contributed by atoms with Crippen LogP contribution in [0.4, 0.5) is 23.2 Å². The van der Waals surface area contributed by atoms with Crippen LogP contribution < -0.4 is 16.0 Å². The number of benzene rings is 2. The van der Waals surface area contributed by atoms with E-state index in [-0.39, 0.29) is 29.5 Å². The monoisotopic (exact) mass is 498 g/mol. The van der Waals surface area contributed by atoms with Crippen LogP contribution in [0.1, 0.15) is 55.7 Å². The molecule has 0 saturated heterocycles. The number of amides is 2. The normalized spacial score (nSPS) is 14.5. The molecule has 0 unspecified atom stereocenters. The fourth-order valence-electron chi connectivity index (χ4n) is 3.88. The van der Waals surface area contributed by atoms with Crippen molar-refractivity contribution in [2.75, 3.05) is 5.32 Å². The zero-order valence-corrected chi connectivity index (χ0v) is 18.5. The molecular weight excluding hydrogens is 480 g/mol. The molecule has 0 aliphatic heterocycles. The molecule has 4 rings (SSSR count). The van der Waals surface area contributed by atoms with Crippen LogP contribution in [0.25, 0.3) is 0 Å². The summed E-state index contributed by atoms with van der Waals surface area (Å²) in [5.41, 5.74) is 1.70. The van der Waals surface area contributed by atoms with Crippen molar-refractivity contribution < 1.29 is 27.2 Å². The van der Waals surface area contributed by atoms with Gasteiger partial charge in [-0.05, 0) is 53.8 Å². The Labute approximate surface area is 202 Å². The number of carbonyl (C=O) groups excluding carboxylic acids is 2. The van der Waals surface area contributed by atoms with E-state index in [9.17, 15) is 27.2 Å². The summed E-state index contributed by atoms with van der Waals surface area (Å²) in [6.45, 7) is -0.208. The third kappa shape index (κ3) is 5.75. The molecule has 36 heavy (non-hydrogen) atoms. The van der Waals surface area contributed by atoms with E-state index in [0.717, 1.165) is 34.9 Å². The number of hydrogen-bond donors (Lipinski definition) is 3. The molecule has 3 aromatic rings. The van der Waals surface area contributed by atoms with Crippen LogP contribution in [0.15, 0.2) is 48.8 Å². The Balaban J connectivity index is 1.40. The lowest BCUT2D eigenvalue weighted by molar-refractivity contribution is -0.100. The van der Waals surface area contributed by atoms with Gasteiger partial charge < -0.3 is 10.6 Å². The second kappa shape index (κ2) is 9.99. The molecule has 1 aromatic heterocycles. The summed E-state index contributed by atoms with van der Waals surface area (Å²) in [5.74, 6) is -2.31. The van der Waals surface area contributed by atoms with E-state index in [4.69, 9.17) is 5.26 Å². The molecule has 1 atom stereocenters. The zero-order valence-electron chi connectivity index (χ0n) is 18.5. The van der Waals surface area contributed by atoms with Gasteiger partial charge in [0.15, 0.2) is 0 Å². The highest BCUT2D eigenvalue weighted by molar-refractivity contribution is 5.97. The number of nitrogens with one attached hydrogen (secondary N) is 3. The standard InChI is InChI=1S/C24H18F4N6O2/c25-17-5-2-14(8-19(17)34-24(26,27)28)11-30-22(35)20-9-21(32-12-31-20)23(36)33-18-6-3-15-7-13(10-29)1-4-16(15)18/h1-2,4-5,7-9,12,18,34H,3,6,11H2,(H,30,35)(H,33,36)/t18-/m0/s1. The summed E-state index contributed by atoms with van der Waals surface area (Å²) >= 11 is 0. The predicted molar refractivity (Wildman–Crippen MR) is 119 cm³/mol. The summed E-state index contributed by atoms with van der Waals surface area (Å²) in [6, 6.07) is 11.3. The molecule has 0 bridgehead atoms. The van der Waals surface area contributed by atoms with Gasteiger partial charge in [-0.25, -0.2) is 14.4 Å². The van der Waals surface area contributed by atoms with E-state index < -0.39 is 29.6 Å². The first kappa shape index (κ1) is 24.6. The van der Waals surface area contributed by atoms with Crippen molar-refractivity contribution in [1.29, 1.82) is 5.26 Å². The number of nitrogens with zero attached hydrogens (tertiary/aromatic N) is 3.